The Hall–Kier alpha value is -2.17. The van der Waals surface area contributed by atoms with E-state index in [1.165, 1.54) is 29.8 Å². The van der Waals surface area contributed by atoms with Crippen LogP contribution in [0.2, 0.25) is 0 Å². The van der Waals surface area contributed by atoms with Crippen LogP contribution in [-0.2, 0) is 26.6 Å². The normalized spacial score (nSPS) is 16.8. The second-order valence-electron chi connectivity index (χ2n) is 6.84. The molecule has 1 aliphatic rings. The summed E-state index contributed by atoms with van der Waals surface area (Å²) in [5, 5.41) is 0. The van der Waals surface area contributed by atoms with Crippen LogP contribution < -0.4 is 10.5 Å². The van der Waals surface area contributed by atoms with E-state index in [-0.39, 0.29) is 22.3 Å². The minimum atomic E-state index is -3.98. The number of aryl methyl sites for hydroxylation is 1. The van der Waals surface area contributed by atoms with Gasteiger partial charge in [0.05, 0.1) is 23.6 Å². The van der Waals surface area contributed by atoms with E-state index >= 15 is 0 Å². The number of aromatic nitrogens is 1. The number of fused-ring (bicyclic) bond motifs is 1. The zero-order valence-electron chi connectivity index (χ0n) is 15.5. The standard InChI is InChI=1S/C17H23N3O6S/c1-11(2)15(16(21)20-6-8-25-9-7-20)18-27(23,24)12-4-5-13-14(10-12)26-17(22)19(13)3/h4-5,10-11,15,18H,6-9H2,1-3H3/t15-/m0/s1. The van der Waals surface area contributed by atoms with Crippen molar-refractivity contribution in [2.24, 2.45) is 13.0 Å². The Labute approximate surface area is 156 Å². The van der Waals surface area contributed by atoms with E-state index in [9.17, 15) is 18.0 Å². The summed E-state index contributed by atoms with van der Waals surface area (Å²) in [4.78, 5) is 25.9. The van der Waals surface area contributed by atoms with Gasteiger partial charge in [-0.3, -0.25) is 9.36 Å². The number of benzene rings is 1. The van der Waals surface area contributed by atoms with Gasteiger partial charge in [0.25, 0.3) is 0 Å². The van der Waals surface area contributed by atoms with E-state index in [1.807, 2.05) is 0 Å². The first-order valence-electron chi connectivity index (χ1n) is 8.69. The van der Waals surface area contributed by atoms with Crippen LogP contribution in [0.25, 0.3) is 11.1 Å². The highest BCUT2D eigenvalue weighted by Crippen LogP contribution is 2.19. The summed E-state index contributed by atoms with van der Waals surface area (Å²) in [6, 6.07) is 3.28. The summed E-state index contributed by atoms with van der Waals surface area (Å²) in [5.74, 6) is -1.09. The molecule has 1 amide bonds. The summed E-state index contributed by atoms with van der Waals surface area (Å²) < 4.78 is 39.8. The van der Waals surface area contributed by atoms with Crippen LogP contribution in [0, 0.1) is 5.92 Å². The lowest BCUT2D eigenvalue weighted by molar-refractivity contribution is -0.138. The molecular formula is C17H23N3O6S. The number of hydrogen-bond acceptors (Lipinski definition) is 6. The molecule has 0 unspecified atom stereocenters. The number of carbonyl (C=O) groups excluding carboxylic acids is 1. The topological polar surface area (TPSA) is 111 Å². The highest BCUT2D eigenvalue weighted by molar-refractivity contribution is 7.89. The molecule has 0 spiro atoms. The number of rotatable bonds is 5. The third kappa shape index (κ3) is 3.92. The summed E-state index contributed by atoms with van der Waals surface area (Å²) in [6.45, 7) is 5.31. The smallest absolute Gasteiger partial charge is 0.408 e. The van der Waals surface area contributed by atoms with Crippen LogP contribution in [0.3, 0.4) is 0 Å². The van der Waals surface area contributed by atoms with Gasteiger partial charge < -0.3 is 14.1 Å². The van der Waals surface area contributed by atoms with Gasteiger partial charge in [0.1, 0.15) is 6.04 Å². The SMILES string of the molecule is CC(C)[C@H](NS(=O)(=O)c1ccc2c(c1)oc(=O)n2C)C(=O)N1CCOCC1. The molecule has 0 saturated carbocycles. The lowest BCUT2D eigenvalue weighted by atomic mass is 10.0. The molecule has 27 heavy (non-hydrogen) atoms. The number of oxazole rings is 1. The molecule has 148 valence electrons. The van der Waals surface area contributed by atoms with E-state index in [0.29, 0.717) is 31.8 Å². The molecule has 0 bridgehead atoms. The fourth-order valence-electron chi connectivity index (χ4n) is 2.97. The van der Waals surface area contributed by atoms with Crippen LogP contribution in [0.4, 0.5) is 0 Å². The van der Waals surface area contributed by atoms with Gasteiger partial charge in [-0.05, 0) is 18.1 Å². The summed E-state index contributed by atoms with van der Waals surface area (Å²) in [5.41, 5.74) is 0.662. The first-order valence-corrected chi connectivity index (χ1v) is 10.2. The molecule has 1 aliphatic heterocycles. The van der Waals surface area contributed by atoms with Crippen molar-refractivity contribution in [1.29, 1.82) is 0 Å². The number of ether oxygens (including phenoxy) is 1. The van der Waals surface area contributed by atoms with Gasteiger partial charge >= 0.3 is 5.76 Å². The predicted octanol–water partition coefficient (Wildman–Crippen LogP) is 0.293. The van der Waals surface area contributed by atoms with Gasteiger partial charge in [0.2, 0.25) is 15.9 Å². The molecular weight excluding hydrogens is 374 g/mol. The number of carbonyl (C=O) groups is 1. The van der Waals surface area contributed by atoms with Gasteiger partial charge in [-0.1, -0.05) is 13.8 Å². The van der Waals surface area contributed by atoms with Crippen molar-refractivity contribution in [2.45, 2.75) is 24.8 Å². The Morgan fingerprint density at radius 3 is 2.52 bits per heavy atom. The quantitative estimate of drug-likeness (QED) is 0.777. The Morgan fingerprint density at radius 2 is 1.89 bits per heavy atom. The van der Waals surface area contributed by atoms with Gasteiger partial charge in [-0.25, -0.2) is 13.2 Å². The number of nitrogens with one attached hydrogen (secondary N) is 1. The van der Waals surface area contributed by atoms with Crippen molar-refractivity contribution in [3.8, 4) is 0 Å². The zero-order chi connectivity index (χ0) is 19.8. The second-order valence-corrected chi connectivity index (χ2v) is 8.55. The second kappa shape index (κ2) is 7.45. The van der Waals surface area contributed by atoms with Crippen LogP contribution in [0.5, 0.6) is 0 Å². The van der Waals surface area contributed by atoms with Crippen molar-refractivity contribution in [3.63, 3.8) is 0 Å². The summed E-state index contributed by atoms with van der Waals surface area (Å²) >= 11 is 0. The molecule has 10 heteroatoms. The third-order valence-corrected chi connectivity index (χ3v) is 6.05. The molecule has 2 heterocycles. The maximum absolute atomic E-state index is 12.8. The minimum Gasteiger partial charge on any atom is -0.408 e. The third-order valence-electron chi connectivity index (χ3n) is 4.61. The minimum absolute atomic E-state index is 0.0650. The largest absolute Gasteiger partial charge is 0.419 e. The van der Waals surface area contributed by atoms with E-state index in [4.69, 9.17) is 9.15 Å². The number of amides is 1. The fourth-order valence-corrected chi connectivity index (χ4v) is 4.32. The number of morpholine rings is 1. The van der Waals surface area contributed by atoms with Gasteiger partial charge in [-0.15, -0.1) is 0 Å². The Kier molecular flexibility index (Phi) is 5.41. The maximum Gasteiger partial charge on any atom is 0.419 e. The molecule has 1 aromatic carbocycles. The molecule has 1 atom stereocenters. The van der Waals surface area contributed by atoms with Gasteiger partial charge in [-0.2, -0.15) is 4.72 Å². The van der Waals surface area contributed by atoms with Gasteiger partial charge in [0, 0.05) is 26.2 Å². The van der Waals surface area contributed by atoms with Crippen LogP contribution in [0.1, 0.15) is 13.8 Å². The molecule has 2 aromatic rings. The van der Waals surface area contributed by atoms with Crippen LogP contribution >= 0.6 is 0 Å². The molecule has 0 radical (unpaired) electrons. The molecule has 1 fully saturated rings. The lowest BCUT2D eigenvalue weighted by Crippen LogP contribution is -2.53. The van der Waals surface area contributed by atoms with Crippen molar-refractivity contribution in [2.75, 3.05) is 26.3 Å². The number of nitrogens with zero attached hydrogens (tertiary/aromatic N) is 2. The van der Waals surface area contributed by atoms with Crippen molar-refractivity contribution in [3.05, 3.63) is 28.7 Å². The highest BCUT2D eigenvalue weighted by atomic mass is 32.2. The highest BCUT2D eigenvalue weighted by Gasteiger charge is 2.32. The van der Waals surface area contributed by atoms with E-state index in [1.54, 1.807) is 18.7 Å². The average molecular weight is 397 g/mol. The van der Waals surface area contributed by atoms with Crippen molar-refractivity contribution >= 4 is 27.0 Å². The Balaban J connectivity index is 1.88. The molecule has 1 aromatic heterocycles. The fraction of sp³-hybridized carbons (Fsp3) is 0.529. The zero-order valence-corrected chi connectivity index (χ0v) is 16.3. The summed E-state index contributed by atoms with van der Waals surface area (Å²) in [7, 11) is -2.45. The molecule has 1 N–H and O–H groups in total. The van der Waals surface area contributed by atoms with Crippen LogP contribution in [0.15, 0.2) is 32.3 Å². The summed E-state index contributed by atoms with van der Waals surface area (Å²) in [6.07, 6.45) is 0. The molecule has 1 saturated heterocycles. The van der Waals surface area contributed by atoms with Crippen molar-refractivity contribution < 1.29 is 22.4 Å². The lowest BCUT2D eigenvalue weighted by Gasteiger charge is -2.32. The van der Waals surface area contributed by atoms with E-state index in [0.717, 1.165) is 0 Å². The van der Waals surface area contributed by atoms with E-state index in [2.05, 4.69) is 4.72 Å². The molecule has 9 nitrogen and oxygen atoms in total. The monoisotopic (exact) mass is 397 g/mol. The number of sulfonamides is 1. The average Bonchev–Trinajstić information content (AvgIpc) is 2.93. The first kappa shape index (κ1) is 19.6. The Morgan fingerprint density at radius 1 is 1.22 bits per heavy atom. The Bertz CT molecular complexity index is 1000. The molecule has 3 rings (SSSR count). The maximum atomic E-state index is 12.8. The number of hydrogen-bond donors (Lipinski definition) is 1. The van der Waals surface area contributed by atoms with Crippen LogP contribution in [-0.4, -0.2) is 56.1 Å². The molecule has 0 aliphatic carbocycles. The predicted molar refractivity (Wildman–Crippen MR) is 97.8 cm³/mol. The first-order chi connectivity index (χ1) is 12.7. The van der Waals surface area contributed by atoms with Gasteiger partial charge in [0.15, 0.2) is 5.58 Å². The van der Waals surface area contributed by atoms with E-state index < -0.39 is 21.8 Å². The van der Waals surface area contributed by atoms with Crippen molar-refractivity contribution in [1.82, 2.24) is 14.2 Å².